The number of nitrogens with zero attached hydrogens (tertiary/aromatic N) is 2. The van der Waals surface area contributed by atoms with Crippen LogP contribution < -0.4 is 11.1 Å². The van der Waals surface area contributed by atoms with Gasteiger partial charge in [-0.05, 0) is 38.1 Å². The lowest BCUT2D eigenvalue weighted by atomic mass is 10.0. The molecule has 2 fully saturated rings. The molecule has 1 aliphatic heterocycles. The summed E-state index contributed by atoms with van der Waals surface area (Å²) in [5.41, 5.74) is 5.78. The molecule has 0 spiro atoms. The Kier molecular flexibility index (Phi) is 4.04. The Bertz CT molecular complexity index is 247. The lowest BCUT2D eigenvalue weighted by Crippen LogP contribution is -2.37. The van der Waals surface area contributed by atoms with Gasteiger partial charge in [-0.15, -0.1) is 0 Å². The van der Waals surface area contributed by atoms with Crippen LogP contribution >= 0.6 is 0 Å². The van der Waals surface area contributed by atoms with Crippen molar-refractivity contribution in [3.63, 3.8) is 0 Å². The smallest absolute Gasteiger partial charge is 0.188 e. The van der Waals surface area contributed by atoms with Crippen molar-refractivity contribution in [2.24, 2.45) is 16.6 Å². The summed E-state index contributed by atoms with van der Waals surface area (Å²) in [4.78, 5) is 6.87. The average molecular weight is 224 g/mol. The Morgan fingerprint density at radius 1 is 1.44 bits per heavy atom. The molecule has 1 saturated carbocycles. The SMILES string of the molecule is C[C@H]1CCCN(CCN=C(N)NC2CC2)C1. The quantitative estimate of drug-likeness (QED) is 0.548. The number of hydrogen-bond acceptors (Lipinski definition) is 2. The summed E-state index contributed by atoms with van der Waals surface area (Å²) in [5, 5.41) is 3.21. The van der Waals surface area contributed by atoms with E-state index in [9.17, 15) is 0 Å². The molecule has 0 aromatic rings. The molecule has 3 N–H and O–H groups in total. The molecule has 1 saturated heterocycles. The number of nitrogens with one attached hydrogen (secondary N) is 1. The van der Waals surface area contributed by atoms with E-state index in [0.29, 0.717) is 12.0 Å². The van der Waals surface area contributed by atoms with E-state index in [1.807, 2.05) is 0 Å². The van der Waals surface area contributed by atoms with Crippen LogP contribution in [0.2, 0.25) is 0 Å². The van der Waals surface area contributed by atoms with Crippen molar-refractivity contribution in [3.05, 3.63) is 0 Å². The van der Waals surface area contributed by atoms with E-state index in [4.69, 9.17) is 5.73 Å². The zero-order valence-electron chi connectivity index (χ0n) is 10.3. The number of piperidine rings is 1. The zero-order chi connectivity index (χ0) is 11.4. The van der Waals surface area contributed by atoms with Crippen LogP contribution in [0, 0.1) is 5.92 Å². The average Bonchev–Trinajstić information content (AvgIpc) is 3.02. The van der Waals surface area contributed by atoms with Gasteiger partial charge in [-0.25, -0.2) is 0 Å². The van der Waals surface area contributed by atoms with E-state index < -0.39 is 0 Å². The molecule has 0 amide bonds. The van der Waals surface area contributed by atoms with Crippen molar-refractivity contribution in [1.29, 1.82) is 0 Å². The highest BCUT2D eigenvalue weighted by Crippen LogP contribution is 2.18. The fourth-order valence-corrected chi connectivity index (χ4v) is 2.28. The third-order valence-electron chi connectivity index (χ3n) is 3.37. The van der Waals surface area contributed by atoms with Gasteiger partial charge in [0.2, 0.25) is 0 Å². The number of guanidine groups is 1. The van der Waals surface area contributed by atoms with Crippen LogP contribution in [0.5, 0.6) is 0 Å². The van der Waals surface area contributed by atoms with Crippen LogP contribution in [0.4, 0.5) is 0 Å². The van der Waals surface area contributed by atoms with Crippen LogP contribution in [0.1, 0.15) is 32.6 Å². The molecule has 4 nitrogen and oxygen atoms in total. The van der Waals surface area contributed by atoms with Gasteiger partial charge < -0.3 is 16.0 Å². The molecule has 0 radical (unpaired) electrons. The first kappa shape index (κ1) is 11.7. The maximum atomic E-state index is 5.78. The molecular formula is C12H24N4. The Balaban J connectivity index is 1.62. The van der Waals surface area contributed by atoms with E-state index in [0.717, 1.165) is 19.0 Å². The molecule has 92 valence electrons. The van der Waals surface area contributed by atoms with Crippen molar-refractivity contribution in [1.82, 2.24) is 10.2 Å². The Hall–Kier alpha value is -0.770. The highest BCUT2D eigenvalue weighted by molar-refractivity contribution is 5.78. The Morgan fingerprint density at radius 2 is 2.25 bits per heavy atom. The minimum Gasteiger partial charge on any atom is -0.370 e. The van der Waals surface area contributed by atoms with E-state index >= 15 is 0 Å². The van der Waals surface area contributed by atoms with E-state index in [1.165, 1.54) is 38.8 Å². The highest BCUT2D eigenvalue weighted by Gasteiger charge is 2.21. The van der Waals surface area contributed by atoms with E-state index in [-0.39, 0.29) is 0 Å². The minimum absolute atomic E-state index is 0.610. The number of aliphatic imine (C=N–C) groups is 1. The summed E-state index contributed by atoms with van der Waals surface area (Å²) in [6.45, 7) is 6.68. The third kappa shape index (κ3) is 4.00. The molecular weight excluding hydrogens is 200 g/mol. The zero-order valence-corrected chi connectivity index (χ0v) is 10.3. The van der Waals surface area contributed by atoms with Crippen molar-refractivity contribution in [2.45, 2.75) is 38.6 Å². The maximum absolute atomic E-state index is 5.78. The van der Waals surface area contributed by atoms with Crippen molar-refractivity contribution < 1.29 is 0 Å². The minimum atomic E-state index is 0.610. The largest absolute Gasteiger partial charge is 0.370 e. The fraction of sp³-hybridized carbons (Fsp3) is 0.917. The molecule has 0 aromatic carbocycles. The summed E-state index contributed by atoms with van der Waals surface area (Å²) in [7, 11) is 0. The van der Waals surface area contributed by atoms with Gasteiger partial charge in [0.05, 0.1) is 6.54 Å². The molecule has 1 aliphatic carbocycles. The number of rotatable bonds is 4. The lowest BCUT2D eigenvalue weighted by molar-refractivity contribution is 0.189. The van der Waals surface area contributed by atoms with E-state index in [1.54, 1.807) is 0 Å². The topological polar surface area (TPSA) is 53.6 Å². The maximum Gasteiger partial charge on any atom is 0.188 e. The molecule has 2 aliphatic rings. The molecule has 2 rings (SSSR count). The summed E-state index contributed by atoms with van der Waals surface area (Å²) in [6, 6.07) is 0.610. The Morgan fingerprint density at radius 3 is 2.94 bits per heavy atom. The molecule has 0 unspecified atom stereocenters. The Labute approximate surface area is 98.3 Å². The number of nitrogens with two attached hydrogens (primary N) is 1. The van der Waals surface area contributed by atoms with Crippen molar-refractivity contribution in [2.75, 3.05) is 26.2 Å². The first-order valence-electron chi connectivity index (χ1n) is 6.53. The fourth-order valence-electron chi connectivity index (χ4n) is 2.28. The predicted molar refractivity (Wildman–Crippen MR) is 67.5 cm³/mol. The standard InChI is InChI=1S/C12H24N4/c1-10-3-2-7-16(9-10)8-6-14-12(13)15-11-4-5-11/h10-11H,2-9H2,1H3,(H3,13,14,15)/t10-/m0/s1. The number of hydrogen-bond donors (Lipinski definition) is 2. The summed E-state index contributed by atoms with van der Waals surface area (Å²) >= 11 is 0. The second kappa shape index (κ2) is 5.53. The summed E-state index contributed by atoms with van der Waals surface area (Å²) < 4.78 is 0. The van der Waals surface area contributed by atoms with E-state index in [2.05, 4.69) is 22.1 Å². The van der Waals surface area contributed by atoms with Gasteiger partial charge in [-0.3, -0.25) is 4.99 Å². The van der Waals surface area contributed by atoms with Gasteiger partial charge in [-0.1, -0.05) is 6.92 Å². The number of likely N-dealkylation sites (tertiary alicyclic amines) is 1. The molecule has 0 bridgehead atoms. The third-order valence-corrected chi connectivity index (χ3v) is 3.37. The van der Waals surface area contributed by atoms with Crippen LogP contribution in [0.15, 0.2) is 4.99 Å². The van der Waals surface area contributed by atoms with Gasteiger partial charge in [-0.2, -0.15) is 0 Å². The van der Waals surface area contributed by atoms with Gasteiger partial charge >= 0.3 is 0 Å². The highest BCUT2D eigenvalue weighted by atomic mass is 15.2. The normalized spacial score (nSPS) is 28.1. The van der Waals surface area contributed by atoms with Gasteiger partial charge in [0, 0.05) is 19.1 Å². The van der Waals surface area contributed by atoms with Crippen LogP contribution in [0.25, 0.3) is 0 Å². The predicted octanol–water partition coefficient (Wildman–Crippen LogP) is 0.785. The molecule has 1 heterocycles. The van der Waals surface area contributed by atoms with Crippen molar-refractivity contribution >= 4 is 5.96 Å². The first-order chi connectivity index (χ1) is 7.74. The van der Waals surface area contributed by atoms with Gasteiger partial charge in [0.25, 0.3) is 0 Å². The molecule has 1 atom stereocenters. The second-order valence-electron chi connectivity index (χ2n) is 5.23. The monoisotopic (exact) mass is 224 g/mol. The van der Waals surface area contributed by atoms with Crippen LogP contribution in [-0.2, 0) is 0 Å². The summed E-state index contributed by atoms with van der Waals surface area (Å²) in [5.74, 6) is 1.48. The van der Waals surface area contributed by atoms with Gasteiger partial charge in [0.15, 0.2) is 5.96 Å². The lowest BCUT2D eigenvalue weighted by Gasteiger charge is -2.30. The first-order valence-corrected chi connectivity index (χ1v) is 6.53. The molecule has 0 aromatic heterocycles. The molecule has 16 heavy (non-hydrogen) atoms. The van der Waals surface area contributed by atoms with Gasteiger partial charge in [0.1, 0.15) is 0 Å². The second-order valence-corrected chi connectivity index (χ2v) is 5.23. The van der Waals surface area contributed by atoms with Crippen LogP contribution in [-0.4, -0.2) is 43.1 Å². The van der Waals surface area contributed by atoms with Crippen molar-refractivity contribution in [3.8, 4) is 0 Å². The molecule has 4 heteroatoms. The van der Waals surface area contributed by atoms with Crippen LogP contribution in [0.3, 0.4) is 0 Å². The summed E-state index contributed by atoms with van der Waals surface area (Å²) in [6.07, 6.45) is 5.21.